The van der Waals surface area contributed by atoms with E-state index < -0.39 is 0 Å². The van der Waals surface area contributed by atoms with E-state index >= 15 is 0 Å². The summed E-state index contributed by atoms with van der Waals surface area (Å²) in [4.78, 5) is 28.0. The van der Waals surface area contributed by atoms with Crippen molar-refractivity contribution in [2.24, 2.45) is 0 Å². The van der Waals surface area contributed by atoms with E-state index in [9.17, 15) is 0 Å². The highest BCUT2D eigenvalue weighted by molar-refractivity contribution is 5.53. The van der Waals surface area contributed by atoms with Gasteiger partial charge in [-0.3, -0.25) is 0 Å². The van der Waals surface area contributed by atoms with Crippen LogP contribution in [0.4, 0.5) is 23.5 Å². The number of hydrogen-bond acceptors (Lipinski definition) is 8. The molecule has 0 spiro atoms. The zero-order chi connectivity index (χ0) is 28.6. The van der Waals surface area contributed by atoms with Crippen molar-refractivity contribution in [3.8, 4) is 0 Å². The summed E-state index contributed by atoms with van der Waals surface area (Å²) in [5, 5.41) is 0. The minimum Gasteiger partial charge on any atom is -0.363 e. The number of rotatable bonds is 8. The van der Waals surface area contributed by atoms with Gasteiger partial charge in [-0.15, -0.1) is 0 Å². The van der Waals surface area contributed by atoms with Crippen LogP contribution in [-0.2, 0) is 0 Å². The lowest BCUT2D eigenvalue weighted by Crippen LogP contribution is -2.41. The van der Waals surface area contributed by atoms with E-state index in [4.69, 9.17) is 19.9 Å². The van der Waals surface area contributed by atoms with Crippen molar-refractivity contribution in [1.82, 2.24) is 19.9 Å². The molecule has 0 atom stereocenters. The van der Waals surface area contributed by atoms with Gasteiger partial charge in [0.15, 0.2) is 0 Å². The molecule has 8 heteroatoms. The topological polar surface area (TPSA) is 64.5 Å². The average Bonchev–Trinajstić information content (AvgIpc) is 2.93. The molecule has 40 heavy (non-hydrogen) atoms. The molecule has 0 radical (unpaired) electrons. The number of nitrogens with zero attached hydrogens (tertiary/aromatic N) is 8. The Hall–Kier alpha value is -4.20. The van der Waals surface area contributed by atoms with Crippen molar-refractivity contribution in [3.63, 3.8) is 0 Å². The first-order valence-electron chi connectivity index (χ1n) is 13.7. The molecule has 8 nitrogen and oxygen atoms in total. The molecule has 0 amide bonds. The highest BCUT2D eigenvalue weighted by Crippen LogP contribution is 2.66. The Kier molecular flexibility index (Phi) is 7.61. The number of anilines is 4. The van der Waals surface area contributed by atoms with E-state index in [0.29, 0.717) is 0 Å². The molecule has 2 aromatic carbocycles. The quantitative estimate of drug-likeness (QED) is 0.313. The Bertz CT molecular complexity index is 1260. The summed E-state index contributed by atoms with van der Waals surface area (Å²) in [7, 11) is 16.1. The second-order valence-electron chi connectivity index (χ2n) is 11.4. The van der Waals surface area contributed by atoms with Crippen LogP contribution in [0.5, 0.6) is 0 Å². The van der Waals surface area contributed by atoms with Crippen LogP contribution < -0.4 is 19.6 Å². The van der Waals surface area contributed by atoms with Gasteiger partial charge in [-0.25, -0.2) is 9.97 Å². The van der Waals surface area contributed by atoms with Crippen LogP contribution in [0.1, 0.15) is 46.2 Å². The zero-order valence-electron chi connectivity index (χ0n) is 24.8. The summed E-state index contributed by atoms with van der Waals surface area (Å²) in [5.41, 5.74) is 4.68. The van der Waals surface area contributed by atoms with Crippen molar-refractivity contribution < 1.29 is 0 Å². The molecule has 1 fully saturated rings. The summed E-state index contributed by atoms with van der Waals surface area (Å²) in [5.74, 6) is 3.86. The van der Waals surface area contributed by atoms with Crippen molar-refractivity contribution in [1.29, 1.82) is 0 Å². The molecule has 0 bridgehead atoms. The molecule has 4 aromatic rings. The molecule has 0 unspecified atom stereocenters. The Balaban J connectivity index is 1.76. The predicted molar refractivity (Wildman–Crippen MR) is 165 cm³/mol. The third-order valence-electron chi connectivity index (χ3n) is 7.76. The summed E-state index contributed by atoms with van der Waals surface area (Å²) in [6.07, 6.45) is 0. The fraction of sp³-hybridized carbons (Fsp3) is 0.375. The normalized spacial score (nSPS) is 20.0. The molecule has 1 aliphatic rings. The fourth-order valence-electron chi connectivity index (χ4n) is 5.74. The maximum Gasteiger partial charge on any atom is 0.227 e. The Labute approximate surface area is 238 Å². The Morgan fingerprint density at radius 2 is 0.775 bits per heavy atom. The Morgan fingerprint density at radius 1 is 0.425 bits per heavy atom. The monoisotopic (exact) mass is 536 g/mol. The molecule has 0 aliphatic heterocycles. The summed E-state index contributed by atoms with van der Waals surface area (Å²) >= 11 is 0. The number of aromatic nitrogens is 4. The van der Waals surface area contributed by atoms with Crippen LogP contribution in [0, 0.1) is 0 Å². The van der Waals surface area contributed by atoms with Gasteiger partial charge in [0.1, 0.15) is 11.6 Å². The standard InChI is InChI=1S/C32H40N8/c1-37(2)25-19-23(33-31(35-25)39(5)6)29-27(21-15-11-9-12-16-21)30(28(29)22-17-13-10-14-18-22)24-20-26(38(3)4)36-32(34-24)40(7)8/h9-20,27-30H,1-8H3/t27-,28-,29-,30-. The van der Waals surface area contributed by atoms with Gasteiger partial charge in [-0.05, 0) is 11.1 Å². The van der Waals surface area contributed by atoms with Gasteiger partial charge < -0.3 is 19.6 Å². The van der Waals surface area contributed by atoms with Crippen molar-refractivity contribution in [3.05, 3.63) is 95.3 Å². The zero-order valence-corrected chi connectivity index (χ0v) is 24.8. The second-order valence-corrected chi connectivity index (χ2v) is 11.4. The van der Waals surface area contributed by atoms with E-state index in [1.54, 1.807) is 0 Å². The van der Waals surface area contributed by atoms with Gasteiger partial charge in [0, 0.05) is 92.2 Å². The van der Waals surface area contributed by atoms with Gasteiger partial charge >= 0.3 is 0 Å². The smallest absolute Gasteiger partial charge is 0.227 e. The summed E-state index contributed by atoms with van der Waals surface area (Å²) in [6.45, 7) is 0. The molecule has 2 heterocycles. The predicted octanol–water partition coefficient (Wildman–Crippen LogP) is 4.98. The van der Waals surface area contributed by atoms with E-state index in [2.05, 4.69) is 82.6 Å². The SMILES string of the molecule is CN(C)c1cc([C@H]2[C@H](c3ccccc3)[C@H](c3cc(N(C)C)nc(N(C)C)n3)[C@H]2c2ccccc2)nc(N(C)C)n1. The fourth-order valence-corrected chi connectivity index (χ4v) is 5.74. The third kappa shape index (κ3) is 5.18. The number of hydrogen-bond donors (Lipinski definition) is 0. The van der Waals surface area contributed by atoms with Crippen LogP contribution in [-0.4, -0.2) is 76.3 Å². The molecule has 208 valence electrons. The van der Waals surface area contributed by atoms with Gasteiger partial charge in [-0.2, -0.15) is 9.97 Å². The minimum absolute atomic E-state index is 0.135. The molecule has 5 rings (SSSR count). The lowest BCUT2D eigenvalue weighted by atomic mass is 9.50. The van der Waals surface area contributed by atoms with Gasteiger partial charge in [-0.1, -0.05) is 60.7 Å². The molecule has 0 saturated heterocycles. The van der Waals surface area contributed by atoms with Crippen molar-refractivity contribution in [2.45, 2.75) is 23.7 Å². The largest absolute Gasteiger partial charge is 0.363 e. The van der Waals surface area contributed by atoms with Crippen LogP contribution >= 0.6 is 0 Å². The van der Waals surface area contributed by atoms with Crippen LogP contribution in [0.25, 0.3) is 0 Å². The van der Waals surface area contributed by atoms with E-state index in [1.807, 2.05) is 66.2 Å². The molecule has 1 saturated carbocycles. The summed E-state index contributed by atoms with van der Waals surface area (Å²) < 4.78 is 0. The van der Waals surface area contributed by atoms with Crippen molar-refractivity contribution in [2.75, 3.05) is 76.0 Å². The lowest BCUT2D eigenvalue weighted by molar-refractivity contribution is 0.220. The van der Waals surface area contributed by atoms with Gasteiger partial charge in [0.25, 0.3) is 0 Å². The van der Waals surface area contributed by atoms with E-state index in [-0.39, 0.29) is 23.7 Å². The van der Waals surface area contributed by atoms with Gasteiger partial charge in [0.05, 0.1) is 11.4 Å². The highest BCUT2D eigenvalue weighted by atomic mass is 15.3. The minimum atomic E-state index is 0.135. The van der Waals surface area contributed by atoms with Crippen molar-refractivity contribution >= 4 is 23.5 Å². The molecule has 0 N–H and O–H groups in total. The van der Waals surface area contributed by atoms with E-state index in [0.717, 1.165) is 34.9 Å². The maximum absolute atomic E-state index is 5.15. The third-order valence-corrected chi connectivity index (χ3v) is 7.76. The van der Waals surface area contributed by atoms with Gasteiger partial charge in [0.2, 0.25) is 11.9 Å². The highest BCUT2D eigenvalue weighted by Gasteiger charge is 2.54. The second kappa shape index (κ2) is 11.1. The maximum atomic E-state index is 5.15. The first-order chi connectivity index (χ1) is 19.2. The van der Waals surface area contributed by atoms with Crippen LogP contribution in [0.2, 0.25) is 0 Å². The number of benzene rings is 2. The first kappa shape index (κ1) is 27.4. The molecule has 2 aromatic heterocycles. The average molecular weight is 537 g/mol. The first-order valence-corrected chi connectivity index (χ1v) is 13.7. The molecular weight excluding hydrogens is 496 g/mol. The molecular formula is C32H40N8. The molecule has 1 aliphatic carbocycles. The summed E-state index contributed by atoms with van der Waals surface area (Å²) in [6, 6.07) is 26.0. The van der Waals surface area contributed by atoms with Crippen LogP contribution in [0.3, 0.4) is 0 Å². The lowest BCUT2D eigenvalue weighted by Gasteiger charge is -2.52. The van der Waals surface area contributed by atoms with Crippen LogP contribution in [0.15, 0.2) is 72.8 Å². The van der Waals surface area contributed by atoms with E-state index in [1.165, 1.54) is 11.1 Å². The Morgan fingerprint density at radius 3 is 1.07 bits per heavy atom.